The van der Waals surface area contributed by atoms with E-state index >= 15 is 0 Å². The molecule has 5 nitrogen and oxygen atoms in total. The predicted molar refractivity (Wildman–Crippen MR) is 120 cm³/mol. The summed E-state index contributed by atoms with van der Waals surface area (Å²) in [7, 11) is -1.31. The number of nitrogens with one attached hydrogen (secondary N) is 1. The van der Waals surface area contributed by atoms with Gasteiger partial charge in [-0.1, -0.05) is 30.3 Å². The van der Waals surface area contributed by atoms with Crippen LogP contribution in [0.4, 0.5) is 0 Å². The first-order valence-corrected chi connectivity index (χ1v) is 12.5. The Bertz CT molecular complexity index is 1000. The molecule has 0 spiro atoms. The minimum absolute atomic E-state index is 0.0107. The van der Waals surface area contributed by atoms with Crippen LogP contribution in [-0.2, 0) is 27.5 Å². The lowest BCUT2D eigenvalue weighted by molar-refractivity contribution is -0.123. The van der Waals surface area contributed by atoms with Gasteiger partial charge in [-0.25, -0.2) is 8.42 Å². The molecule has 0 saturated heterocycles. The number of carbonyl (C=O) groups is 1. The lowest BCUT2D eigenvalue weighted by atomic mass is 9.89. The third-order valence-corrected chi connectivity index (χ3v) is 7.22. The van der Waals surface area contributed by atoms with Crippen molar-refractivity contribution in [1.82, 2.24) is 10.2 Å². The number of likely N-dealkylation sites (N-methyl/N-ethyl adjacent to an activating group) is 1. The minimum Gasteiger partial charge on any atom is -0.348 e. The van der Waals surface area contributed by atoms with Gasteiger partial charge in [0, 0.05) is 12.3 Å². The van der Waals surface area contributed by atoms with Crippen LogP contribution < -0.4 is 5.32 Å². The van der Waals surface area contributed by atoms with Crippen LogP contribution in [0.5, 0.6) is 0 Å². The van der Waals surface area contributed by atoms with E-state index in [1.165, 1.54) is 30.2 Å². The lowest BCUT2D eigenvalue weighted by Crippen LogP contribution is -2.37. The number of nitrogens with zero attached hydrogens (tertiary/aromatic N) is 1. The largest absolute Gasteiger partial charge is 0.348 e. The molecule has 2 aromatic rings. The third-order valence-electron chi connectivity index (χ3n) is 6.09. The molecule has 1 N–H and O–H groups in total. The second-order valence-corrected chi connectivity index (χ2v) is 10.5. The molecule has 0 heterocycles. The van der Waals surface area contributed by atoms with Crippen LogP contribution in [0.1, 0.15) is 61.0 Å². The number of fused-ring (bicyclic) bond motifs is 1. The number of hydrogen-bond acceptors (Lipinski definition) is 4. The van der Waals surface area contributed by atoms with Crippen molar-refractivity contribution in [2.75, 3.05) is 19.8 Å². The highest BCUT2D eigenvalue weighted by Crippen LogP contribution is 2.25. The molecule has 0 bridgehead atoms. The van der Waals surface area contributed by atoms with E-state index in [-0.39, 0.29) is 24.5 Å². The number of sulfone groups is 1. The quantitative estimate of drug-likeness (QED) is 0.728. The molecule has 2 atom stereocenters. The van der Waals surface area contributed by atoms with Crippen molar-refractivity contribution >= 4 is 15.7 Å². The van der Waals surface area contributed by atoms with Gasteiger partial charge in [-0.05, 0) is 81.0 Å². The Morgan fingerprint density at radius 1 is 1.00 bits per heavy atom. The highest BCUT2D eigenvalue weighted by molar-refractivity contribution is 7.90. The van der Waals surface area contributed by atoms with Crippen molar-refractivity contribution in [3.63, 3.8) is 0 Å². The number of hydrogen-bond donors (Lipinski definition) is 1. The number of rotatable bonds is 7. The van der Waals surface area contributed by atoms with Gasteiger partial charge in [0.1, 0.15) is 0 Å². The van der Waals surface area contributed by atoms with Crippen molar-refractivity contribution in [3.8, 4) is 0 Å². The smallest absolute Gasteiger partial charge is 0.234 e. The summed E-state index contributed by atoms with van der Waals surface area (Å²) < 4.78 is 23.3. The van der Waals surface area contributed by atoms with Gasteiger partial charge in [-0.2, -0.15) is 0 Å². The van der Waals surface area contributed by atoms with Gasteiger partial charge in [-0.15, -0.1) is 0 Å². The summed E-state index contributed by atoms with van der Waals surface area (Å²) in [5, 5.41) is 3.11. The highest BCUT2D eigenvalue weighted by atomic mass is 32.2. The second kappa shape index (κ2) is 9.31. The predicted octanol–water partition coefficient (Wildman–Crippen LogP) is 3.84. The molecule has 0 radical (unpaired) electrons. The minimum atomic E-state index is -3.21. The Labute approximate surface area is 180 Å². The van der Waals surface area contributed by atoms with E-state index in [4.69, 9.17) is 0 Å². The van der Waals surface area contributed by atoms with E-state index in [0.29, 0.717) is 4.90 Å². The molecule has 0 aliphatic heterocycles. The van der Waals surface area contributed by atoms with E-state index in [2.05, 4.69) is 23.5 Å². The van der Waals surface area contributed by atoms with Crippen molar-refractivity contribution in [3.05, 3.63) is 64.7 Å². The van der Waals surface area contributed by atoms with E-state index in [9.17, 15) is 13.2 Å². The first-order valence-electron chi connectivity index (χ1n) is 10.6. The van der Waals surface area contributed by atoms with Crippen LogP contribution in [0, 0.1) is 0 Å². The van der Waals surface area contributed by atoms with Crippen LogP contribution >= 0.6 is 0 Å². The van der Waals surface area contributed by atoms with Crippen LogP contribution in [0.25, 0.3) is 0 Å². The van der Waals surface area contributed by atoms with Crippen LogP contribution in [0.3, 0.4) is 0 Å². The lowest BCUT2D eigenvalue weighted by Gasteiger charge is -2.26. The van der Waals surface area contributed by atoms with E-state index in [1.807, 2.05) is 37.9 Å². The van der Waals surface area contributed by atoms with Crippen molar-refractivity contribution in [1.29, 1.82) is 0 Å². The number of amides is 1. The molecule has 1 aliphatic rings. The zero-order valence-electron chi connectivity index (χ0n) is 18.3. The molecule has 0 aromatic heterocycles. The average Bonchev–Trinajstić information content (AvgIpc) is 2.72. The zero-order valence-corrected chi connectivity index (χ0v) is 19.1. The SMILES string of the molecule is C[C@@H](NC(=O)CN(C)[C@@H](C)c1ccc(S(C)(=O)=O)cc1)c1ccc2c(c1)CCCC2. The summed E-state index contributed by atoms with van der Waals surface area (Å²) in [5.74, 6) is -0.0256. The summed E-state index contributed by atoms with van der Waals surface area (Å²) in [6.07, 6.45) is 5.99. The molecule has 30 heavy (non-hydrogen) atoms. The van der Waals surface area contributed by atoms with Gasteiger partial charge in [0.25, 0.3) is 0 Å². The Kier molecular flexibility index (Phi) is 6.98. The van der Waals surface area contributed by atoms with Crippen molar-refractivity contribution in [2.45, 2.75) is 56.5 Å². The first kappa shape index (κ1) is 22.5. The topological polar surface area (TPSA) is 66.5 Å². The van der Waals surface area contributed by atoms with E-state index < -0.39 is 9.84 Å². The highest BCUT2D eigenvalue weighted by Gasteiger charge is 2.18. The maximum atomic E-state index is 12.6. The summed E-state index contributed by atoms with van der Waals surface area (Å²) in [6, 6.07) is 13.4. The van der Waals surface area contributed by atoms with Crippen molar-refractivity contribution in [2.24, 2.45) is 0 Å². The second-order valence-electron chi connectivity index (χ2n) is 8.46. The molecule has 1 amide bonds. The maximum absolute atomic E-state index is 12.6. The summed E-state index contributed by atoms with van der Waals surface area (Å²) in [6.45, 7) is 4.30. The summed E-state index contributed by atoms with van der Waals surface area (Å²) >= 11 is 0. The molecule has 0 unspecified atom stereocenters. The molecule has 0 saturated carbocycles. The number of benzene rings is 2. The Morgan fingerprint density at radius 2 is 1.60 bits per heavy atom. The van der Waals surface area contributed by atoms with Gasteiger partial charge in [0.2, 0.25) is 5.91 Å². The Balaban J connectivity index is 1.58. The number of carbonyl (C=O) groups excluding carboxylic acids is 1. The summed E-state index contributed by atoms with van der Waals surface area (Å²) in [4.78, 5) is 14.9. The first-order chi connectivity index (χ1) is 14.1. The van der Waals surface area contributed by atoms with E-state index in [1.54, 1.807) is 12.1 Å². The average molecular weight is 429 g/mol. The molecule has 162 valence electrons. The third kappa shape index (κ3) is 5.49. The zero-order chi connectivity index (χ0) is 21.9. The van der Waals surface area contributed by atoms with Crippen LogP contribution in [-0.4, -0.2) is 39.1 Å². The van der Waals surface area contributed by atoms with Gasteiger partial charge >= 0.3 is 0 Å². The normalized spacial score (nSPS) is 16.0. The van der Waals surface area contributed by atoms with Crippen molar-refractivity contribution < 1.29 is 13.2 Å². The fourth-order valence-corrected chi connectivity index (χ4v) is 4.64. The summed E-state index contributed by atoms with van der Waals surface area (Å²) in [5.41, 5.74) is 4.98. The van der Waals surface area contributed by atoms with Gasteiger partial charge in [0.05, 0.1) is 17.5 Å². The van der Waals surface area contributed by atoms with Gasteiger partial charge in [0.15, 0.2) is 9.84 Å². The Hall–Kier alpha value is -2.18. The molecule has 6 heteroatoms. The standard InChI is InChI=1S/C24H32N2O3S/c1-17(21-10-9-20-7-5-6-8-22(20)15-21)25-24(27)16-26(3)18(2)19-11-13-23(14-12-19)30(4,28)29/h9-15,17-18H,5-8,16H2,1-4H3,(H,25,27)/t17-,18+/m1/s1. The molecule has 1 aliphatic carbocycles. The molecule has 2 aromatic carbocycles. The van der Waals surface area contributed by atoms with Gasteiger partial charge in [-0.3, -0.25) is 9.69 Å². The molecular weight excluding hydrogens is 396 g/mol. The monoisotopic (exact) mass is 428 g/mol. The van der Waals surface area contributed by atoms with Crippen LogP contribution in [0.2, 0.25) is 0 Å². The Morgan fingerprint density at radius 3 is 2.23 bits per heavy atom. The fourth-order valence-electron chi connectivity index (χ4n) is 4.00. The van der Waals surface area contributed by atoms with E-state index in [0.717, 1.165) is 24.0 Å². The maximum Gasteiger partial charge on any atom is 0.234 e. The van der Waals surface area contributed by atoms with Crippen LogP contribution in [0.15, 0.2) is 47.4 Å². The molecular formula is C24H32N2O3S. The molecule has 3 rings (SSSR count). The fraction of sp³-hybridized carbons (Fsp3) is 0.458. The molecule has 0 fully saturated rings. The number of aryl methyl sites for hydroxylation is 2. The van der Waals surface area contributed by atoms with Gasteiger partial charge < -0.3 is 5.32 Å².